The molecule has 1 N–H and O–H groups in total. The van der Waals surface area contributed by atoms with Crippen molar-refractivity contribution >= 4 is 11.4 Å². The first-order valence-corrected chi connectivity index (χ1v) is 6.12. The summed E-state index contributed by atoms with van der Waals surface area (Å²) in [5.41, 5.74) is 6.28. The summed E-state index contributed by atoms with van der Waals surface area (Å²) < 4.78 is 0. The first-order valence-electron chi connectivity index (χ1n) is 6.12. The molecule has 0 heterocycles. The van der Waals surface area contributed by atoms with Crippen LogP contribution >= 0.6 is 0 Å². The Balaban J connectivity index is 2.29. The highest BCUT2D eigenvalue weighted by Gasteiger charge is 2.00. The highest BCUT2D eigenvalue weighted by atomic mass is 14.9. The summed E-state index contributed by atoms with van der Waals surface area (Å²) in [4.78, 5) is 0. The Labute approximate surface area is 103 Å². The van der Waals surface area contributed by atoms with E-state index < -0.39 is 0 Å². The second kappa shape index (κ2) is 5.05. The molecule has 0 fully saturated rings. The molecule has 1 nitrogen and oxygen atoms in total. The molecule has 0 radical (unpaired) electrons. The molecule has 17 heavy (non-hydrogen) atoms. The summed E-state index contributed by atoms with van der Waals surface area (Å²) in [5, 5.41) is 3.49. The van der Waals surface area contributed by atoms with Crippen LogP contribution in [0, 0.1) is 13.8 Å². The number of rotatable bonds is 3. The predicted molar refractivity (Wildman–Crippen MR) is 75.0 cm³/mol. The second-order valence-electron chi connectivity index (χ2n) is 4.50. The first kappa shape index (κ1) is 11.7. The summed E-state index contributed by atoms with van der Waals surface area (Å²) in [7, 11) is 0. The largest absolute Gasteiger partial charge is 0.355 e. The molecule has 0 aliphatic carbocycles. The Hall–Kier alpha value is -1.76. The zero-order chi connectivity index (χ0) is 12.3. The first-order chi connectivity index (χ1) is 8.19. The van der Waals surface area contributed by atoms with Crippen molar-refractivity contribution in [3.63, 3.8) is 0 Å². The number of hydrogen-bond acceptors (Lipinski definition) is 1. The van der Waals surface area contributed by atoms with Crippen LogP contribution in [0.5, 0.6) is 0 Å². The lowest BCUT2D eigenvalue weighted by molar-refractivity contribution is 1.14. The molecule has 0 saturated heterocycles. The molecule has 0 saturated carbocycles. The van der Waals surface area contributed by atoms with Crippen molar-refractivity contribution in [1.82, 2.24) is 0 Å². The Morgan fingerprint density at radius 3 is 2.53 bits per heavy atom. The van der Waals surface area contributed by atoms with Crippen molar-refractivity contribution < 1.29 is 0 Å². The summed E-state index contributed by atoms with van der Waals surface area (Å²) in [6, 6.07) is 15.1. The summed E-state index contributed by atoms with van der Waals surface area (Å²) >= 11 is 0. The van der Waals surface area contributed by atoms with Crippen molar-refractivity contribution in [3.05, 3.63) is 59.2 Å². The molecule has 2 aromatic rings. The van der Waals surface area contributed by atoms with Crippen molar-refractivity contribution in [3.8, 4) is 0 Å². The van der Waals surface area contributed by atoms with Gasteiger partial charge in [0.1, 0.15) is 0 Å². The lowest BCUT2D eigenvalue weighted by Gasteiger charge is -2.11. The minimum Gasteiger partial charge on any atom is -0.355 e. The Morgan fingerprint density at radius 2 is 1.82 bits per heavy atom. The average molecular weight is 225 g/mol. The lowest BCUT2D eigenvalue weighted by atomic mass is 10.1. The zero-order valence-corrected chi connectivity index (χ0v) is 10.7. The van der Waals surface area contributed by atoms with Gasteiger partial charge in [0.25, 0.3) is 0 Å². The SMILES string of the molecule is CCc1ccc(C)c(Nc2cccc(C)c2)c1. The van der Waals surface area contributed by atoms with Gasteiger partial charge in [0.15, 0.2) is 0 Å². The molecular formula is C16H19N. The summed E-state index contributed by atoms with van der Waals surface area (Å²) in [6.07, 6.45) is 1.07. The van der Waals surface area contributed by atoms with Crippen LogP contribution in [0.2, 0.25) is 0 Å². The monoisotopic (exact) mass is 225 g/mol. The van der Waals surface area contributed by atoms with Gasteiger partial charge in [0.05, 0.1) is 0 Å². The van der Waals surface area contributed by atoms with E-state index in [1.165, 1.54) is 22.4 Å². The highest BCUT2D eigenvalue weighted by Crippen LogP contribution is 2.22. The third-order valence-corrected chi connectivity index (χ3v) is 3.01. The molecule has 0 amide bonds. The smallest absolute Gasteiger partial charge is 0.0416 e. The molecule has 0 aromatic heterocycles. The van der Waals surface area contributed by atoms with Gasteiger partial charge in [0.2, 0.25) is 0 Å². The van der Waals surface area contributed by atoms with E-state index in [1.807, 2.05) is 0 Å². The molecule has 0 spiro atoms. The number of nitrogens with one attached hydrogen (secondary N) is 1. The van der Waals surface area contributed by atoms with E-state index in [0.717, 1.165) is 12.1 Å². The van der Waals surface area contributed by atoms with Gasteiger partial charge in [0, 0.05) is 11.4 Å². The number of anilines is 2. The predicted octanol–water partition coefficient (Wildman–Crippen LogP) is 4.61. The molecule has 88 valence electrons. The summed E-state index contributed by atoms with van der Waals surface area (Å²) in [5.74, 6) is 0. The van der Waals surface area contributed by atoms with Gasteiger partial charge in [-0.3, -0.25) is 0 Å². The lowest BCUT2D eigenvalue weighted by Crippen LogP contribution is -1.94. The van der Waals surface area contributed by atoms with E-state index >= 15 is 0 Å². The molecule has 0 atom stereocenters. The van der Waals surface area contributed by atoms with E-state index in [9.17, 15) is 0 Å². The minimum absolute atomic E-state index is 1.07. The van der Waals surface area contributed by atoms with E-state index in [4.69, 9.17) is 0 Å². The third-order valence-electron chi connectivity index (χ3n) is 3.01. The minimum atomic E-state index is 1.07. The Bertz CT molecular complexity index is 515. The molecule has 0 unspecified atom stereocenters. The van der Waals surface area contributed by atoms with E-state index in [0.29, 0.717) is 0 Å². The van der Waals surface area contributed by atoms with Crippen molar-refractivity contribution in [2.75, 3.05) is 5.32 Å². The summed E-state index contributed by atoms with van der Waals surface area (Å²) in [6.45, 7) is 6.43. The maximum Gasteiger partial charge on any atom is 0.0416 e. The third kappa shape index (κ3) is 2.88. The van der Waals surface area contributed by atoms with Gasteiger partial charge >= 0.3 is 0 Å². The fourth-order valence-corrected chi connectivity index (χ4v) is 1.90. The second-order valence-corrected chi connectivity index (χ2v) is 4.50. The van der Waals surface area contributed by atoms with Crippen LogP contribution in [-0.4, -0.2) is 0 Å². The van der Waals surface area contributed by atoms with E-state index in [2.05, 4.69) is 68.6 Å². The Kier molecular flexibility index (Phi) is 3.48. The van der Waals surface area contributed by atoms with Crippen LogP contribution in [0.1, 0.15) is 23.6 Å². The van der Waals surface area contributed by atoms with Crippen LogP contribution < -0.4 is 5.32 Å². The van der Waals surface area contributed by atoms with Gasteiger partial charge in [-0.25, -0.2) is 0 Å². The molecule has 0 bridgehead atoms. The highest BCUT2D eigenvalue weighted by molar-refractivity contribution is 5.64. The van der Waals surface area contributed by atoms with Gasteiger partial charge in [-0.1, -0.05) is 31.2 Å². The van der Waals surface area contributed by atoms with Crippen LogP contribution in [0.25, 0.3) is 0 Å². The van der Waals surface area contributed by atoms with Gasteiger partial charge in [-0.05, 0) is 55.2 Å². The van der Waals surface area contributed by atoms with Crippen LogP contribution in [-0.2, 0) is 6.42 Å². The standard InChI is InChI=1S/C16H19N/c1-4-14-9-8-13(3)16(11-14)17-15-7-5-6-12(2)10-15/h5-11,17H,4H2,1-3H3. The van der Waals surface area contributed by atoms with E-state index in [1.54, 1.807) is 0 Å². The van der Waals surface area contributed by atoms with E-state index in [-0.39, 0.29) is 0 Å². The topological polar surface area (TPSA) is 12.0 Å². The Morgan fingerprint density at radius 1 is 1.00 bits per heavy atom. The maximum absolute atomic E-state index is 3.49. The van der Waals surface area contributed by atoms with Gasteiger partial charge in [-0.15, -0.1) is 0 Å². The van der Waals surface area contributed by atoms with Crippen LogP contribution in [0.15, 0.2) is 42.5 Å². The average Bonchev–Trinajstić information content (AvgIpc) is 2.32. The molecule has 1 heteroatoms. The molecular weight excluding hydrogens is 206 g/mol. The fraction of sp³-hybridized carbons (Fsp3) is 0.250. The molecule has 2 rings (SSSR count). The fourth-order valence-electron chi connectivity index (χ4n) is 1.90. The van der Waals surface area contributed by atoms with Gasteiger partial charge < -0.3 is 5.32 Å². The normalized spacial score (nSPS) is 10.3. The molecule has 0 aliphatic heterocycles. The van der Waals surface area contributed by atoms with Crippen molar-refractivity contribution in [2.24, 2.45) is 0 Å². The van der Waals surface area contributed by atoms with Crippen LogP contribution in [0.4, 0.5) is 11.4 Å². The number of hydrogen-bond donors (Lipinski definition) is 1. The van der Waals surface area contributed by atoms with Crippen molar-refractivity contribution in [1.29, 1.82) is 0 Å². The quantitative estimate of drug-likeness (QED) is 0.804. The molecule has 2 aromatic carbocycles. The maximum atomic E-state index is 3.49. The van der Waals surface area contributed by atoms with Crippen molar-refractivity contribution in [2.45, 2.75) is 27.2 Å². The number of benzene rings is 2. The zero-order valence-electron chi connectivity index (χ0n) is 10.7. The molecule has 0 aliphatic rings. The van der Waals surface area contributed by atoms with Crippen LogP contribution in [0.3, 0.4) is 0 Å². The number of aryl methyl sites for hydroxylation is 3. The van der Waals surface area contributed by atoms with Gasteiger partial charge in [-0.2, -0.15) is 0 Å².